The highest BCUT2D eigenvalue weighted by Gasteiger charge is 2.19. The van der Waals surface area contributed by atoms with Crippen molar-refractivity contribution in [2.45, 2.75) is 13.0 Å². The van der Waals surface area contributed by atoms with E-state index >= 15 is 0 Å². The second-order valence-corrected chi connectivity index (χ2v) is 7.72. The van der Waals surface area contributed by atoms with Crippen LogP contribution in [0.3, 0.4) is 0 Å². The monoisotopic (exact) mass is 387 g/mol. The molecule has 27 heavy (non-hydrogen) atoms. The number of nitrogens with zero attached hydrogens (tertiary/aromatic N) is 2. The molecule has 3 heterocycles. The van der Waals surface area contributed by atoms with Gasteiger partial charge in [0.2, 0.25) is 5.91 Å². The van der Waals surface area contributed by atoms with E-state index < -0.39 is 0 Å². The zero-order chi connectivity index (χ0) is 18.5. The molecular formula is C20H25N3O3S. The number of hydrogen-bond acceptors (Lipinski definition) is 6. The van der Waals surface area contributed by atoms with Crippen molar-refractivity contribution in [3.63, 3.8) is 0 Å². The molecule has 1 aromatic carbocycles. The largest absolute Gasteiger partial charge is 0.490 e. The molecule has 2 aliphatic rings. The van der Waals surface area contributed by atoms with Gasteiger partial charge in [0.1, 0.15) is 0 Å². The lowest BCUT2D eigenvalue weighted by molar-refractivity contribution is -0.117. The molecule has 2 aliphatic heterocycles. The van der Waals surface area contributed by atoms with Crippen LogP contribution in [0.1, 0.15) is 12.0 Å². The normalized spacial score (nSPS) is 18.1. The van der Waals surface area contributed by atoms with Crippen molar-refractivity contribution < 1.29 is 14.3 Å². The van der Waals surface area contributed by atoms with Crippen LogP contribution in [0, 0.1) is 0 Å². The predicted octanol–water partition coefficient (Wildman–Crippen LogP) is 2.67. The molecule has 0 aliphatic carbocycles. The third kappa shape index (κ3) is 5.00. The van der Waals surface area contributed by atoms with Crippen LogP contribution in [0.2, 0.25) is 0 Å². The number of ether oxygens (including phenoxy) is 2. The first-order chi connectivity index (χ1) is 13.3. The summed E-state index contributed by atoms with van der Waals surface area (Å²) in [5.41, 5.74) is 2.13. The summed E-state index contributed by atoms with van der Waals surface area (Å²) in [6.45, 7) is 6.54. The Morgan fingerprint density at radius 1 is 1.04 bits per heavy atom. The van der Waals surface area contributed by atoms with Crippen LogP contribution < -0.4 is 14.8 Å². The molecule has 1 fully saturated rings. The number of carbonyl (C=O) groups is 1. The number of benzene rings is 1. The fraction of sp³-hybridized carbons (Fsp3) is 0.450. The van der Waals surface area contributed by atoms with Crippen LogP contribution >= 0.6 is 11.3 Å². The van der Waals surface area contributed by atoms with E-state index in [0.717, 1.165) is 50.6 Å². The van der Waals surface area contributed by atoms with Gasteiger partial charge in [0, 0.05) is 50.9 Å². The summed E-state index contributed by atoms with van der Waals surface area (Å²) in [6, 6.07) is 7.75. The van der Waals surface area contributed by atoms with Crippen LogP contribution in [0.4, 0.5) is 5.69 Å². The van der Waals surface area contributed by atoms with Gasteiger partial charge < -0.3 is 14.8 Å². The zero-order valence-corrected chi connectivity index (χ0v) is 16.2. The lowest BCUT2D eigenvalue weighted by Gasteiger charge is -2.34. The van der Waals surface area contributed by atoms with Gasteiger partial charge in [-0.2, -0.15) is 11.3 Å². The molecule has 1 N–H and O–H groups in total. The van der Waals surface area contributed by atoms with Crippen LogP contribution in [0.5, 0.6) is 11.5 Å². The van der Waals surface area contributed by atoms with E-state index in [4.69, 9.17) is 9.47 Å². The van der Waals surface area contributed by atoms with E-state index in [1.165, 1.54) is 5.56 Å². The summed E-state index contributed by atoms with van der Waals surface area (Å²) in [6.07, 6.45) is 0.870. The highest BCUT2D eigenvalue weighted by molar-refractivity contribution is 7.07. The number of carbonyl (C=O) groups excluding carboxylic acids is 1. The van der Waals surface area contributed by atoms with E-state index in [-0.39, 0.29) is 5.91 Å². The van der Waals surface area contributed by atoms with Crippen molar-refractivity contribution in [3.8, 4) is 11.5 Å². The molecule has 144 valence electrons. The fourth-order valence-corrected chi connectivity index (χ4v) is 4.05. The molecule has 1 amide bonds. The Labute approximate surface area is 163 Å². The highest BCUT2D eigenvalue weighted by Crippen LogP contribution is 2.32. The average molecular weight is 388 g/mol. The Kier molecular flexibility index (Phi) is 5.91. The van der Waals surface area contributed by atoms with E-state index in [1.54, 1.807) is 11.3 Å². The Hall–Kier alpha value is -2.09. The van der Waals surface area contributed by atoms with E-state index in [1.807, 2.05) is 18.2 Å². The molecule has 4 rings (SSSR count). The summed E-state index contributed by atoms with van der Waals surface area (Å²) in [5.74, 6) is 1.45. The third-order valence-electron chi connectivity index (χ3n) is 4.85. The first-order valence-corrected chi connectivity index (χ1v) is 10.4. The van der Waals surface area contributed by atoms with Gasteiger partial charge >= 0.3 is 0 Å². The molecule has 0 unspecified atom stereocenters. The van der Waals surface area contributed by atoms with Crippen molar-refractivity contribution in [2.75, 3.05) is 51.3 Å². The summed E-state index contributed by atoms with van der Waals surface area (Å²) < 4.78 is 11.3. The van der Waals surface area contributed by atoms with Gasteiger partial charge in [-0.05, 0) is 34.5 Å². The smallest absolute Gasteiger partial charge is 0.238 e. The molecule has 0 spiro atoms. The lowest BCUT2D eigenvalue weighted by Crippen LogP contribution is -2.48. The van der Waals surface area contributed by atoms with Crippen LogP contribution in [0.25, 0.3) is 0 Å². The minimum absolute atomic E-state index is 0.00998. The second-order valence-electron chi connectivity index (χ2n) is 6.94. The predicted molar refractivity (Wildman–Crippen MR) is 107 cm³/mol. The Morgan fingerprint density at radius 3 is 2.59 bits per heavy atom. The van der Waals surface area contributed by atoms with Gasteiger partial charge in [0.25, 0.3) is 0 Å². The summed E-state index contributed by atoms with van der Waals surface area (Å²) in [5, 5.41) is 7.30. The minimum atomic E-state index is 0.00998. The number of thiophene rings is 1. The maximum Gasteiger partial charge on any atom is 0.238 e. The number of rotatable bonds is 5. The van der Waals surface area contributed by atoms with Crippen molar-refractivity contribution in [1.82, 2.24) is 9.80 Å². The maximum atomic E-state index is 12.4. The number of fused-ring (bicyclic) bond motifs is 1. The van der Waals surface area contributed by atoms with E-state index in [2.05, 4.69) is 31.9 Å². The van der Waals surface area contributed by atoms with Gasteiger partial charge in [0.15, 0.2) is 11.5 Å². The van der Waals surface area contributed by atoms with E-state index in [9.17, 15) is 4.79 Å². The number of hydrogen-bond donors (Lipinski definition) is 1. The first kappa shape index (κ1) is 18.3. The molecule has 0 bridgehead atoms. The van der Waals surface area contributed by atoms with Gasteiger partial charge in [-0.3, -0.25) is 14.6 Å². The maximum absolute atomic E-state index is 12.4. The average Bonchev–Trinajstić information content (AvgIpc) is 3.06. The summed E-state index contributed by atoms with van der Waals surface area (Å²) in [7, 11) is 0. The number of amides is 1. The van der Waals surface area contributed by atoms with Gasteiger partial charge in [-0.15, -0.1) is 0 Å². The molecule has 0 saturated carbocycles. The number of nitrogens with one attached hydrogen (secondary N) is 1. The molecule has 0 radical (unpaired) electrons. The zero-order valence-electron chi connectivity index (χ0n) is 15.4. The van der Waals surface area contributed by atoms with Gasteiger partial charge in [0.05, 0.1) is 19.8 Å². The molecule has 1 aromatic heterocycles. The third-order valence-corrected chi connectivity index (χ3v) is 5.58. The van der Waals surface area contributed by atoms with Gasteiger partial charge in [-0.1, -0.05) is 0 Å². The summed E-state index contributed by atoms with van der Waals surface area (Å²) >= 11 is 1.74. The quantitative estimate of drug-likeness (QED) is 0.855. The van der Waals surface area contributed by atoms with Gasteiger partial charge in [-0.25, -0.2) is 0 Å². The Morgan fingerprint density at radius 2 is 1.81 bits per heavy atom. The topological polar surface area (TPSA) is 54.0 Å². The lowest BCUT2D eigenvalue weighted by atomic mass is 10.2. The highest BCUT2D eigenvalue weighted by atomic mass is 32.1. The van der Waals surface area contributed by atoms with Crippen molar-refractivity contribution in [2.24, 2.45) is 0 Å². The minimum Gasteiger partial charge on any atom is -0.490 e. The Balaban J connectivity index is 1.25. The van der Waals surface area contributed by atoms with Crippen molar-refractivity contribution in [1.29, 1.82) is 0 Å². The van der Waals surface area contributed by atoms with E-state index in [0.29, 0.717) is 25.5 Å². The molecule has 2 aromatic rings. The van der Waals surface area contributed by atoms with Crippen molar-refractivity contribution >= 4 is 22.9 Å². The molecular weight excluding hydrogens is 362 g/mol. The molecule has 7 heteroatoms. The number of anilines is 1. The van der Waals surface area contributed by atoms with Crippen LogP contribution in [-0.4, -0.2) is 61.6 Å². The SMILES string of the molecule is O=C(CN1CCN(Cc2ccsc2)CC1)Nc1ccc2c(c1)OCCCO2. The first-order valence-electron chi connectivity index (χ1n) is 9.41. The standard InChI is InChI=1S/C20H25N3O3S/c24-20(21-17-2-3-18-19(12-17)26-10-1-9-25-18)14-23-7-5-22(6-8-23)13-16-4-11-27-15-16/h2-4,11-12,15H,1,5-10,13-14H2,(H,21,24). The summed E-state index contributed by atoms with van der Waals surface area (Å²) in [4.78, 5) is 17.1. The molecule has 1 saturated heterocycles. The fourth-order valence-electron chi connectivity index (χ4n) is 3.39. The molecule has 6 nitrogen and oxygen atoms in total. The van der Waals surface area contributed by atoms with Crippen LogP contribution in [0.15, 0.2) is 35.0 Å². The van der Waals surface area contributed by atoms with Crippen LogP contribution in [-0.2, 0) is 11.3 Å². The van der Waals surface area contributed by atoms with Crippen molar-refractivity contribution in [3.05, 3.63) is 40.6 Å². The molecule has 0 atom stereocenters. The number of piperazine rings is 1. The Bertz CT molecular complexity index is 758. The second kappa shape index (κ2) is 8.73.